The van der Waals surface area contributed by atoms with Gasteiger partial charge in [0, 0.05) is 28.7 Å². The molecule has 1 aromatic carbocycles. The van der Waals surface area contributed by atoms with Crippen LogP contribution >= 0.6 is 0 Å². The van der Waals surface area contributed by atoms with E-state index in [9.17, 15) is 4.79 Å². The van der Waals surface area contributed by atoms with Crippen LogP contribution in [0.4, 0.5) is 0 Å². The molecule has 3 heteroatoms. The Morgan fingerprint density at radius 2 is 2.31 bits per heavy atom. The SMILES string of the molecule is C=CC(C)NC(=O)c1cccc2[nH]ccc12. The molecular formula is C13H14N2O. The Balaban J connectivity index is 2.35. The molecule has 0 bridgehead atoms. The van der Waals surface area contributed by atoms with Gasteiger partial charge in [-0.15, -0.1) is 6.58 Å². The predicted octanol–water partition coefficient (Wildman–Crippen LogP) is 2.47. The van der Waals surface area contributed by atoms with Crippen LogP contribution in [0, 0.1) is 0 Å². The van der Waals surface area contributed by atoms with E-state index >= 15 is 0 Å². The van der Waals surface area contributed by atoms with Crippen molar-refractivity contribution in [1.29, 1.82) is 0 Å². The van der Waals surface area contributed by atoms with Gasteiger partial charge in [0.2, 0.25) is 0 Å². The van der Waals surface area contributed by atoms with Gasteiger partial charge in [0.25, 0.3) is 5.91 Å². The van der Waals surface area contributed by atoms with Crippen molar-refractivity contribution in [3.8, 4) is 0 Å². The van der Waals surface area contributed by atoms with E-state index in [1.165, 1.54) is 0 Å². The Hall–Kier alpha value is -2.03. The lowest BCUT2D eigenvalue weighted by molar-refractivity contribution is 0.0948. The zero-order valence-corrected chi connectivity index (χ0v) is 9.16. The lowest BCUT2D eigenvalue weighted by Gasteiger charge is -2.09. The maximum Gasteiger partial charge on any atom is 0.252 e. The van der Waals surface area contributed by atoms with Gasteiger partial charge in [-0.25, -0.2) is 0 Å². The molecule has 16 heavy (non-hydrogen) atoms. The number of rotatable bonds is 3. The number of carbonyl (C=O) groups is 1. The second-order valence-corrected chi connectivity index (χ2v) is 3.74. The number of benzene rings is 1. The lowest BCUT2D eigenvalue weighted by Crippen LogP contribution is -2.30. The molecule has 0 radical (unpaired) electrons. The summed E-state index contributed by atoms with van der Waals surface area (Å²) in [5.41, 5.74) is 1.66. The van der Waals surface area contributed by atoms with Gasteiger partial charge in [-0.3, -0.25) is 4.79 Å². The summed E-state index contributed by atoms with van der Waals surface area (Å²) < 4.78 is 0. The van der Waals surface area contributed by atoms with Gasteiger partial charge in [0.1, 0.15) is 0 Å². The van der Waals surface area contributed by atoms with Crippen molar-refractivity contribution < 1.29 is 4.79 Å². The number of H-pyrrole nitrogens is 1. The molecule has 0 aliphatic rings. The number of aromatic amines is 1. The van der Waals surface area contributed by atoms with E-state index in [-0.39, 0.29) is 11.9 Å². The van der Waals surface area contributed by atoms with E-state index in [4.69, 9.17) is 0 Å². The van der Waals surface area contributed by atoms with Crippen LogP contribution in [0.15, 0.2) is 43.1 Å². The second-order valence-electron chi connectivity index (χ2n) is 3.74. The van der Waals surface area contributed by atoms with Crippen LogP contribution in [0.3, 0.4) is 0 Å². The fourth-order valence-electron chi connectivity index (χ4n) is 1.63. The normalized spacial score (nSPS) is 12.3. The highest BCUT2D eigenvalue weighted by molar-refractivity contribution is 6.06. The van der Waals surface area contributed by atoms with Gasteiger partial charge in [0.05, 0.1) is 0 Å². The Bertz CT molecular complexity index is 527. The molecule has 1 amide bonds. The summed E-state index contributed by atoms with van der Waals surface area (Å²) in [6.07, 6.45) is 3.54. The monoisotopic (exact) mass is 214 g/mol. The van der Waals surface area contributed by atoms with E-state index in [0.717, 1.165) is 10.9 Å². The Morgan fingerprint density at radius 3 is 3.06 bits per heavy atom. The molecule has 1 atom stereocenters. The van der Waals surface area contributed by atoms with Crippen LogP contribution in [0.1, 0.15) is 17.3 Å². The Kier molecular flexibility index (Phi) is 2.77. The van der Waals surface area contributed by atoms with Crippen molar-refractivity contribution in [1.82, 2.24) is 10.3 Å². The molecule has 0 spiro atoms. The highest BCUT2D eigenvalue weighted by Gasteiger charge is 2.11. The minimum absolute atomic E-state index is 0.0262. The van der Waals surface area contributed by atoms with Gasteiger partial charge >= 0.3 is 0 Å². The summed E-state index contributed by atoms with van der Waals surface area (Å²) in [5, 5.41) is 3.80. The smallest absolute Gasteiger partial charge is 0.252 e. The van der Waals surface area contributed by atoms with E-state index in [1.54, 1.807) is 6.08 Å². The molecule has 1 aromatic heterocycles. The second kappa shape index (κ2) is 4.23. The van der Waals surface area contributed by atoms with Gasteiger partial charge in [-0.2, -0.15) is 0 Å². The minimum atomic E-state index is -0.0717. The fraction of sp³-hybridized carbons (Fsp3) is 0.154. The number of aromatic nitrogens is 1. The van der Waals surface area contributed by atoms with Crippen LogP contribution in [-0.4, -0.2) is 16.9 Å². The zero-order valence-electron chi connectivity index (χ0n) is 9.16. The van der Waals surface area contributed by atoms with Crippen LogP contribution in [0.2, 0.25) is 0 Å². The summed E-state index contributed by atoms with van der Waals surface area (Å²) in [7, 11) is 0. The molecule has 3 nitrogen and oxygen atoms in total. The summed E-state index contributed by atoms with van der Waals surface area (Å²) >= 11 is 0. The maximum atomic E-state index is 12.0. The average Bonchev–Trinajstić information content (AvgIpc) is 2.76. The molecule has 0 aliphatic carbocycles. The van der Waals surface area contributed by atoms with Crippen molar-refractivity contribution >= 4 is 16.8 Å². The summed E-state index contributed by atoms with van der Waals surface area (Å²) in [5.74, 6) is -0.0717. The van der Waals surface area contributed by atoms with Gasteiger partial charge in [-0.1, -0.05) is 12.1 Å². The van der Waals surface area contributed by atoms with E-state index in [2.05, 4.69) is 16.9 Å². The Labute approximate surface area is 94.2 Å². The highest BCUT2D eigenvalue weighted by atomic mass is 16.1. The molecule has 82 valence electrons. The topological polar surface area (TPSA) is 44.9 Å². The number of carbonyl (C=O) groups excluding carboxylic acids is 1. The summed E-state index contributed by atoms with van der Waals surface area (Å²) in [4.78, 5) is 15.0. The van der Waals surface area contributed by atoms with Crippen molar-refractivity contribution in [2.24, 2.45) is 0 Å². The standard InChI is InChI=1S/C13H14N2O/c1-3-9(2)15-13(16)11-5-4-6-12-10(11)7-8-14-12/h3-9,14H,1H2,2H3,(H,15,16). The van der Waals surface area contributed by atoms with E-state index < -0.39 is 0 Å². The number of hydrogen-bond acceptors (Lipinski definition) is 1. The third-order valence-corrected chi connectivity index (χ3v) is 2.55. The van der Waals surface area contributed by atoms with Crippen LogP contribution in [0.25, 0.3) is 10.9 Å². The number of hydrogen-bond donors (Lipinski definition) is 2. The van der Waals surface area contributed by atoms with Crippen molar-refractivity contribution in [3.63, 3.8) is 0 Å². The maximum absolute atomic E-state index is 12.0. The predicted molar refractivity (Wildman–Crippen MR) is 65.4 cm³/mol. The van der Waals surface area contributed by atoms with Crippen molar-refractivity contribution in [2.45, 2.75) is 13.0 Å². The number of fused-ring (bicyclic) bond motifs is 1. The number of amides is 1. The summed E-state index contributed by atoms with van der Waals surface area (Å²) in [6.45, 7) is 5.53. The van der Waals surface area contributed by atoms with Gasteiger partial charge < -0.3 is 10.3 Å². The van der Waals surface area contributed by atoms with E-state index in [0.29, 0.717) is 5.56 Å². The minimum Gasteiger partial charge on any atom is -0.361 e. The molecule has 2 rings (SSSR count). The first kappa shape index (κ1) is 10.5. The summed E-state index contributed by atoms with van der Waals surface area (Å²) in [6, 6.07) is 7.51. The quantitative estimate of drug-likeness (QED) is 0.757. The average molecular weight is 214 g/mol. The van der Waals surface area contributed by atoms with Gasteiger partial charge in [-0.05, 0) is 25.1 Å². The molecule has 1 unspecified atom stereocenters. The van der Waals surface area contributed by atoms with Crippen molar-refractivity contribution in [2.75, 3.05) is 0 Å². The molecule has 0 aliphatic heterocycles. The van der Waals surface area contributed by atoms with Crippen LogP contribution in [-0.2, 0) is 0 Å². The fourth-order valence-corrected chi connectivity index (χ4v) is 1.63. The molecule has 1 heterocycles. The van der Waals surface area contributed by atoms with E-state index in [1.807, 2.05) is 37.4 Å². The largest absolute Gasteiger partial charge is 0.361 e. The lowest BCUT2D eigenvalue weighted by atomic mass is 10.1. The third kappa shape index (κ3) is 1.84. The first-order valence-corrected chi connectivity index (χ1v) is 5.22. The zero-order chi connectivity index (χ0) is 11.5. The molecule has 2 aromatic rings. The van der Waals surface area contributed by atoms with Gasteiger partial charge in [0.15, 0.2) is 0 Å². The number of nitrogens with one attached hydrogen (secondary N) is 2. The molecule has 0 fully saturated rings. The molecule has 2 N–H and O–H groups in total. The highest BCUT2D eigenvalue weighted by Crippen LogP contribution is 2.17. The Morgan fingerprint density at radius 1 is 1.50 bits per heavy atom. The molecule has 0 saturated heterocycles. The first-order chi connectivity index (χ1) is 7.72. The van der Waals surface area contributed by atoms with Crippen LogP contribution in [0.5, 0.6) is 0 Å². The molecule has 0 saturated carbocycles. The first-order valence-electron chi connectivity index (χ1n) is 5.22. The van der Waals surface area contributed by atoms with Crippen LogP contribution < -0.4 is 5.32 Å². The third-order valence-electron chi connectivity index (χ3n) is 2.55. The van der Waals surface area contributed by atoms with Crippen molar-refractivity contribution in [3.05, 3.63) is 48.7 Å². The molecular weight excluding hydrogens is 200 g/mol.